The number of carbonyl (C=O) groups is 5. The first-order valence-electron chi connectivity index (χ1n) is 26.0. The number of halogens is 10. The quantitative estimate of drug-likeness (QED) is 0.0188. The number of nitrogen functional groups attached to an aromatic ring is 2. The Morgan fingerprint density at radius 2 is 0.725 bits per heavy atom. The van der Waals surface area contributed by atoms with E-state index in [9.17, 15) is 84.0 Å². The Hall–Kier alpha value is -7.39. The van der Waals surface area contributed by atoms with E-state index in [0.717, 1.165) is 25.1 Å². The predicted octanol–water partition coefficient (Wildman–Crippen LogP) is 13.3. The van der Waals surface area contributed by atoms with Crippen LogP contribution in [0.4, 0.5) is 60.5 Å². The van der Waals surface area contributed by atoms with Gasteiger partial charge in [0.15, 0.2) is 46.4 Å². The number of hydrogen-bond donors (Lipinski definition) is 8. The van der Waals surface area contributed by atoms with Gasteiger partial charge < -0.3 is 21.7 Å². The van der Waals surface area contributed by atoms with Gasteiger partial charge in [-0.05, 0) is 125 Å². The van der Waals surface area contributed by atoms with Crippen molar-refractivity contribution in [3.8, 4) is 0 Å². The molecule has 0 unspecified atom stereocenters. The molecule has 0 aliphatic heterocycles. The molecule has 6 rings (SSSR count). The van der Waals surface area contributed by atoms with Crippen molar-refractivity contribution in [3.05, 3.63) is 174 Å². The molecule has 0 aliphatic rings. The normalized spacial score (nSPS) is 10.9. The molecule has 0 spiro atoms. The summed E-state index contributed by atoms with van der Waals surface area (Å²) in [5.74, 6) is -10.3. The fourth-order valence-corrected chi connectivity index (χ4v) is 12.3. The number of nitrogens with two attached hydrogens (primary N) is 2. The highest BCUT2D eigenvalue weighted by Gasteiger charge is 2.23. The molecule has 6 aromatic carbocycles. The molecule has 0 heterocycles. The Kier molecular flexibility index (Phi) is 33.4. The molecule has 35 heteroatoms. The summed E-state index contributed by atoms with van der Waals surface area (Å²) < 4.78 is 180. The van der Waals surface area contributed by atoms with Crippen LogP contribution in [-0.2, 0) is 40.1 Å². The van der Waals surface area contributed by atoms with Crippen molar-refractivity contribution in [1.82, 2.24) is 0 Å². The van der Waals surface area contributed by atoms with Gasteiger partial charge in [-0.1, -0.05) is 86.2 Å². The Morgan fingerprint density at radius 1 is 0.407 bits per heavy atom. The number of sulfonamides is 4. The number of carboxylic acid groups (broad SMARTS) is 2. The number of rotatable bonds is 21. The van der Waals surface area contributed by atoms with Gasteiger partial charge in [-0.2, -0.15) is 0 Å². The molecule has 21 nitrogen and oxygen atoms in total. The first kappa shape index (κ1) is 81.6. The number of ketones is 3. The molecule has 6 aromatic rings. The van der Waals surface area contributed by atoms with Gasteiger partial charge in [-0.3, -0.25) is 33.3 Å². The van der Waals surface area contributed by atoms with Crippen molar-refractivity contribution in [2.45, 2.75) is 74.1 Å². The fraction of sp³-hybridized carbons (Fsp3) is 0.268. The second kappa shape index (κ2) is 37.2. The molecule has 0 bridgehead atoms. The molecular formula is C56H62Cl4F6N6O15S4. The van der Waals surface area contributed by atoms with Gasteiger partial charge in [-0.25, -0.2) is 69.6 Å². The van der Waals surface area contributed by atoms with Crippen LogP contribution in [0, 0.1) is 34.9 Å². The maximum Gasteiger partial charge on any atom is 0.340 e. The predicted molar refractivity (Wildman–Crippen MR) is 342 cm³/mol. The summed E-state index contributed by atoms with van der Waals surface area (Å²) in [5.41, 5.74) is 7.33. The first-order chi connectivity index (χ1) is 42.0. The largest absolute Gasteiger partial charge is 0.478 e. The third kappa shape index (κ3) is 27.2. The highest BCUT2D eigenvalue weighted by atomic mass is 35.5. The highest BCUT2D eigenvalue weighted by molar-refractivity contribution is 7.93. The van der Waals surface area contributed by atoms with E-state index in [1.165, 1.54) is 80.6 Å². The maximum absolute atomic E-state index is 13.9. The van der Waals surface area contributed by atoms with Crippen LogP contribution in [0.1, 0.15) is 126 Å². The number of anilines is 6. The first-order valence-corrected chi connectivity index (χ1v) is 34.1. The molecule has 0 amide bonds. The molecule has 0 aliphatic carbocycles. The van der Waals surface area contributed by atoms with Crippen LogP contribution in [0.25, 0.3) is 0 Å². The summed E-state index contributed by atoms with van der Waals surface area (Å²) in [5, 5.41) is 17.6. The molecule has 0 saturated heterocycles. The zero-order valence-electron chi connectivity index (χ0n) is 49.1. The maximum atomic E-state index is 13.9. The van der Waals surface area contributed by atoms with Crippen molar-refractivity contribution in [2.75, 3.05) is 53.4 Å². The topological polar surface area (TPSA) is 363 Å². The van der Waals surface area contributed by atoms with E-state index >= 15 is 0 Å². The van der Waals surface area contributed by atoms with E-state index in [0.29, 0.717) is 30.7 Å². The van der Waals surface area contributed by atoms with E-state index in [2.05, 4.69) is 9.44 Å². The number of carboxylic acids is 2. The van der Waals surface area contributed by atoms with E-state index in [-0.39, 0.29) is 83.2 Å². The van der Waals surface area contributed by atoms with Crippen LogP contribution in [0.15, 0.2) is 91.0 Å². The van der Waals surface area contributed by atoms with Gasteiger partial charge in [0.1, 0.15) is 11.4 Å². The third-order valence-corrected chi connectivity index (χ3v) is 17.8. The van der Waals surface area contributed by atoms with E-state index < -0.39 is 121 Å². The summed E-state index contributed by atoms with van der Waals surface area (Å²) in [4.78, 5) is 54.6. The average molecular weight is 1440 g/mol. The van der Waals surface area contributed by atoms with Crippen LogP contribution >= 0.6 is 46.4 Å². The van der Waals surface area contributed by atoms with Crippen LogP contribution in [0.5, 0.6) is 0 Å². The second-order valence-corrected chi connectivity index (χ2v) is 27.4. The summed E-state index contributed by atoms with van der Waals surface area (Å²) in [6.45, 7) is 10.4. The summed E-state index contributed by atoms with van der Waals surface area (Å²) in [6.07, 6.45) is 1.58. The van der Waals surface area contributed by atoms with Crippen molar-refractivity contribution in [1.29, 1.82) is 0 Å². The summed E-state index contributed by atoms with van der Waals surface area (Å²) in [7, 11) is -14.5. The van der Waals surface area contributed by atoms with Gasteiger partial charge in [-0.15, -0.1) is 0 Å². The van der Waals surface area contributed by atoms with Crippen LogP contribution in [-0.4, -0.2) is 96.2 Å². The molecule has 10 N–H and O–H groups in total. The Morgan fingerprint density at radius 3 is 1.04 bits per heavy atom. The Balaban J connectivity index is 0.000000552. The zero-order chi connectivity index (χ0) is 70.1. The highest BCUT2D eigenvalue weighted by Crippen LogP contribution is 2.29. The second-order valence-electron chi connectivity index (χ2n) is 18.4. The molecular weight excluding hydrogens is 1380 g/mol. The number of Topliss-reactive ketones (excluding diaryl/α,β-unsaturated/α-hetero) is 3. The zero-order valence-corrected chi connectivity index (χ0v) is 55.4. The van der Waals surface area contributed by atoms with Gasteiger partial charge >= 0.3 is 11.9 Å². The van der Waals surface area contributed by atoms with Gasteiger partial charge in [0.05, 0.1) is 94.5 Å². The molecule has 91 heavy (non-hydrogen) atoms. The van der Waals surface area contributed by atoms with Crippen LogP contribution < -0.4 is 30.4 Å². The van der Waals surface area contributed by atoms with Crippen LogP contribution in [0.2, 0.25) is 20.1 Å². The Bertz CT molecular complexity index is 3890. The molecule has 0 saturated carbocycles. The van der Waals surface area contributed by atoms with Gasteiger partial charge in [0.2, 0.25) is 40.1 Å². The van der Waals surface area contributed by atoms with Gasteiger partial charge in [0, 0.05) is 5.02 Å². The lowest BCUT2D eigenvalue weighted by Gasteiger charge is -2.10. The number of aromatic carboxylic acids is 2. The lowest BCUT2D eigenvalue weighted by atomic mass is 10.1. The minimum absolute atomic E-state index is 0.0431. The molecule has 0 atom stereocenters. The standard InChI is InChI=1S/C11H13ClFNO3S.C11H14FNO3S.C10H11ClFNO4S.C10H12FNO4S.C8H7ClFNO.C6H5ClFN/c1-3-6-18(16,17)14-9-5-4-8(12)10(7(2)15)11(9)13;1-3-7-17(15,16)13-10-6-4-5-9(8(2)14)11(10)12;1-2-5-18(16,17)13-7-4-3-6(11)8(9(7)12)10(14)15;1-2-6-17(15,16)12-8-5-3-4-7(9(8)11)10(13)14;1-4(12)7-5(9)2-3-6(11)8(7)10;7-4-1-2-6(9)5(8)3-4/h4-5,14H,3,6H2,1-2H3;4-6,13H,3,7H2,1-2H3;3-4,13H,2,5H2,1H3,(H,14,15);3-5,12H,2,6H2,1H3,(H,13,14);2-3H,11H2,1H3;1-3H,9H2. The Labute approximate surface area is 542 Å². The molecule has 0 radical (unpaired) electrons. The van der Waals surface area contributed by atoms with Crippen molar-refractivity contribution in [3.63, 3.8) is 0 Å². The number of hydrogen-bond acceptors (Lipinski definition) is 15. The summed E-state index contributed by atoms with van der Waals surface area (Å²) >= 11 is 22.2. The SMILES string of the molecule is CC(=O)c1c(Cl)ccc(N)c1F.CCCS(=O)(=O)Nc1ccc(Cl)c(C(=O)O)c1F.CCCS(=O)(=O)Nc1ccc(Cl)c(C(C)=O)c1F.CCCS(=O)(=O)Nc1cccc(C(=O)O)c1F.CCCS(=O)(=O)Nc1cccc(C(C)=O)c1F.Nc1ccc(Cl)cc1F. The smallest absolute Gasteiger partial charge is 0.340 e. The van der Waals surface area contributed by atoms with Crippen LogP contribution in [0.3, 0.4) is 0 Å². The molecule has 500 valence electrons. The van der Waals surface area contributed by atoms with Gasteiger partial charge in [0.25, 0.3) is 0 Å². The number of nitrogens with one attached hydrogen (secondary N) is 4. The van der Waals surface area contributed by atoms with E-state index in [4.69, 9.17) is 68.1 Å². The lowest BCUT2D eigenvalue weighted by molar-refractivity contribution is 0.0681. The average Bonchev–Trinajstić information content (AvgIpc) is 1.16. The summed E-state index contributed by atoms with van der Waals surface area (Å²) in [6, 6.07) is 19.1. The third-order valence-electron chi connectivity index (χ3n) is 10.7. The van der Waals surface area contributed by atoms with Crippen molar-refractivity contribution in [2.24, 2.45) is 0 Å². The molecule has 0 fully saturated rings. The number of carbonyl (C=O) groups excluding carboxylic acids is 3. The minimum atomic E-state index is -3.69. The van der Waals surface area contributed by atoms with Crippen molar-refractivity contribution < 1.29 is 94.2 Å². The lowest BCUT2D eigenvalue weighted by Crippen LogP contribution is -2.18. The molecule has 0 aromatic heterocycles. The van der Waals surface area contributed by atoms with Crippen molar-refractivity contribution >= 4 is 150 Å². The van der Waals surface area contributed by atoms with E-state index in [1.807, 2.05) is 9.44 Å². The fourth-order valence-electron chi connectivity index (χ4n) is 6.78. The van der Waals surface area contributed by atoms with E-state index in [1.54, 1.807) is 33.8 Å². The monoisotopic (exact) mass is 1440 g/mol. The minimum Gasteiger partial charge on any atom is -0.478 e. The number of benzene rings is 6.